The maximum atomic E-state index is 12.3. The van der Waals surface area contributed by atoms with E-state index in [1.807, 2.05) is 19.9 Å². The molecule has 0 saturated heterocycles. The summed E-state index contributed by atoms with van der Waals surface area (Å²) >= 11 is 0. The summed E-state index contributed by atoms with van der Waals surface area (Å²) in [5, 5.41) is 2.81. The molecular formula is C20H21N3O4. The largest absolute Gasteiger partial charge is 0.484 e. The molecule has 0 atom stereocenters. The van der Waals surface area contributed by atoms with E-state index in [4.69, 9.17) is 4.74 Å². The molecule has 0 saturated carbocycles. The second-order valence-corrected chi connectivity index (χ2v) is 6.33. The van der Waals surface area contributed by atoms with Crippen LogP contribution in [0, 0.1) is 13.8 Å². The number of hydrogen-bond donors (Lipinski definition) is 3. The molecule has 0 unspecified atom stereocenters. The Morgan fingerprint density at radius 3 is 2.48 bits per heavy atom. The molecule has 27 heavy (non-hydrogen) atoms. The monoisotopic (exact) mass is 367 g/mol. The Kier molecular flexibility index (Phi) is 5.12. The molecule has 0 aliphatic heterocycles. The lowest BCUT2D eigenvalue weighted by molar-refractivity contribution is -0.118. The molecular weight excluding hydrogens is 346 g/mol. The number of anilines is 1. The first-order valence-electron chi connectivity index (χ1n) is 8.67. The van der Waals surface area contributed by atoms with E-state index in [0.29, 0.717) is 34.5 Å². The van der Waals surface area contributed by atoms with Crippen LogP contribution >= 0.6 is 0 Å². The number of nitrogens with one attached hydrogen (secondary N) is 3. The van der Waals surface area contributed by atoms with Crippen LogP contribution in [0.3, 0.4) is 0 Å². The number of carbonyl (C=O) groups is 2. The first kappa shape index (κ1) is 18.4. The van der Waals surface area contributed by atoms with Crippen molar-refractivity contribution in [3.63, 3.8) is 0 Å². The molecule has 7 nitrogen and oxygen atoms in total. The summed E-state index contributed by atoms with van der Waals surface area (Å²) < 4.78 is 5.49. The van der Waals surface area contributed by atoms with Crippen LogP contribution < -0.4 is 15.7 Å². The van der Waals surface area contributed by atoms with Gasteiger partial charge in [0.2, 0.25) is 0 Å². The Morgan fingerprint density at radius 2 is 1.81 bits per heavy atom. The molecule has 0 spiro atoms. The topological polar surface area (TPSA) is 104 Å². The van der Waals surface area contributed by atoms with Gasteiger partial charge in [-0.2, -0.15) is 0 Å². The van der Waals surface area contributed by atoms with Gasteiger partial charge in [0.05, 0.1) is 16.7 Å². The molecule has 1 amide bonds. The molecule has 140 valence electrons. The van der Waals surface area contributed by atoms with Crippen molar-refractivity contribution in [3.8, 4) is 5.75 Å². The minimum atomic E-state index is -0.347. The van der Waals surface area contributed by atoms with Gasteiger partial charge in [-0.1, -0.05) is 6.92 Å². The molecule has 0 aliphatic carbocycles. The predicted octanol–water partition coefficient (Wildman–Crippen LogP) is 3.08. The lowest BCUT2D eigenvalue weighted by Crippen LogP contribution is -2.21. The van der Waals surface area contributed by atoms with Gasteiger partial charge < -0.3 is 20.0 Å². The minimum Gasteiger partial charge on any atom is -0.484 e. The van der Waals surface area contributed by atoms with Gasteiger partial charge in [0.25, 0.3) is 5.91 Å². The summed E-state index contributed by atoms with van der Waals surface area (Å²) in [6, 6.07) is 8.54. The number of rotatable bonds is 6. The van der Waals surface area contributed by atoms with Gasteiger partial charge in [-0.25, -0.2) is 4.79 Å². The highest BCUT2D eigenvalue weighted by molar-refractivity contribution is 6.01. The number of H-pyrrole nitrogens is 2. The van der Waals surface area contributed by atoms with Crippen molar-refractivity contribution >= 4 is 28.4 Å². The highest BCUT2D eigenvalue weighted by Crippen LogP contribution is 2.27. The number of imidazole rings is 1. The Hall–Kier alpha value is -3.35. The number of aromatic amines is 2. The zero-order chi connectivity index (χ0) is 19.6. The molecule has 0 bridgehead atoms. The SMILES string of the molecule is CCC(=O)c1ccc(OCC(=O)Nc2c(C)c(C)cc3[nH]c(=O)[nH]c23)cc1. The average molecular weight is 367 g/mol. The maximum absolute atomic E-state index is 12.3. The molecule has 0 aliphatic rings. The Bertz CT molecular complexity index is 1060. The van der Waals surface area contributed by atoms with E-state index in [1.165, 1.54) is 0 Å². The van der Waals surface area contributed by atoms with Crippen LogP contribution in [-0.4, -0.2) is 28.3 Å². The molecule has 7 heteroatoms. The van der Waals surface area contributed by atoms with Gasteiger partial charge >= 0.3 is 5.69 Å². The third-order valence-electron chi connectivity index (χ3n) is 4.47. The van der Waals surface area contributed by atoms with E-state index in [2.05, 4.69) is 15.3 Å². The van der Waals surface area contributed by atoms with Crippen LogP contribution in [0.4, 0.5) is 5.69 Å². The highest BCUT2D eigenvalue weighted by Gasteiger charge is 2.14. The zero-order valence-electron chi connectivity index (χ0n) is 15.4. The lowest BCUT2D eigenvalue weighted by Gasteiger charge is -2.12. The van der Waals surface area contributed by atoms with Crippen molar-refractivity contribution in [3.05, 3.63) is 57.5 Å². The second-order valence-electron chi connectivity index (χ2n) is 6.33. The van der Waals surface area contributed by atoms with Gasteiger partial charge in [0.15, 0.2) is 12.4 Å². The van der Waals surface area contributed by atoms with E-state index in [9.17, 15) is 14.4 Å². The van der Waals surface area contributed by atoms with Crippen LogP contribution in [0.1, 0.15) is 34.8 Å². The Balaban J connectivity index is 1.71. The molecule has 3 rings (SSSR count). The molecule has 2 aromatic carbocycles. The number of Topliss-reactive ketones (excluding diaryl/α,β-unsaturated/α-hetero) is 1. The minimum absolute atomic E-state index is 0.0544. The van der Waals surface area contributed by atoms with Crippen molar-refractivity contribution in [2.45, 2.75) is 27.2 Å². The number of hydrogen-bond acceptors (Lipinski definition) is 4. The van der Waals surface area contributed by atoms with E-state index >= 15 is 0 Å². The normalized spacial score (nSPS) is 10.8. The Morgan fingerprint density at radius 1 is 1.11 bits per heavy atom. The van der Waals surface area contributed by atoms with E-state index in [0.717, 1.165) is 11.1 Å². The third kappa shape index (κ3) is 3.92. The van der Waals surface area contributed by atoms with Crippen LogP contribution in [0.5, 0.6) is 5.75 Å². The van der Waals surface area contributed by atoms with E-state index in [1.54, 1.807) is 31.2 Å². The van der Waals surface area contributed by atoms with Crippen molar-refractivity contribution in [2.24, 2.45) is 0 Å². The highest BCUT2D eigenvalue weighted by atomic mass is 16.5. The Labute approximate surface area is 155 Å². The number of aryl methyl sites for hydroxylation is 1. The third-order valence-corrected chi connectivity index (χ3v) is 4.47. The fourth-order valence-corrected chi connectivity index (χ4v) is 2.83. The van der Waals surface area contributed by atoms with Gasteiger partial charge in [-0.05, 0) is 55.3 Å². The van der Waals surface area contributed by atoms with Gasteiger partial charge in [0.1, 0.15) is 5.75 Å². The summed E-state index contributed by atoms with van der Waals surface area (Å²) in [5.41, 5.74) is 3.85. The fourth-order valence-electron chi connectivity index (χ4n) is 2.83. The number of ketones is 1. The average Bonchev–Trinajstić information content (AvgIpc) is 3.03. The molecule has 3 N–H and O–H groups in total. The molecule has 3 aromatic rings. The number of fused-ring (bicyclic) bond motifs is 1. The predicted molar refractivity (Wildman–Crippen MR) is 104 cm³/mol. The van der Waals surface area contributed by atoms with Crippen molar-refractivity contribution in [2.75, 3.05) is 11.9 Å². The number of aromatic nitrogens is 2. The number of carbonyl (C=O) groups excluding carboxylic acids is 2. The fraction of sp³-hybridized carbons (Fsp3) is 0.250. The van der Waals surface area contributed by atoms with Crippen LogP contribution in [0.15, 0.2) is 35.1 Å². The molecule has 0 radical (unpaired) electrons. The summed E-state index contributed by atoms with van der Waals surface area (Å²) in [4.78, 5) is 40.9. The van der Waals surface area contributed by atoms with Gasteiger partial charge in [0, 0.05) is 12.0 Å². The standard InChI is InChI=1S/C20H21N3O4/c1-4-16(24)13-5-7-14(8-6-13)27-10-17(25)22-18-12(3)11(2)9-15-19(18)23-20(26)21-15/h5-9H,4,10H2,1-3H3,(H,22,25)(H2,21,23,26). The second kappa shape index (κ2) is 7.49. The number of ether oxygens (including phenoxy) is 1. The van der Waals surface area contributed by atoms with Gasteiger partial charge in [-0.15, -0.1) is 0 Å². The molecule has 1 aromatic heterocycles. The summed E-state index contributed by atoms with van der Waals surface area (Å²) in [7, 11) is 0. The van der Waals surface area contributed by atoms with Crippen LogP contribution in [0.25, 0.3) is 11.0 Å². The summed E-state index contributed by atoms with van der Waals surface area (Å²) in [6.45, 7) is 5.40. The van der Waals surface area contributed by atoms with E-state index < -0.39 is 0 Å². The van der Waals surface area contributed by atoms with Crippen molar-refractivity contribution in [1.29, 1.82) is 0 Å². The molecule has 0 fully saturated rings. The number of benzene rings is 2. The first-order valence-corrected chi connectivity index (χ1v) is 8.67. The van der Waals surface area contributed by atoms with Crippen molar-refractivity contribution < 1.29 is 14.3 Å². The van der Waals surface area contributed by atoms with E-state index in [-0.39, 0.29) is 24.0 Å². The van der Waals surface area contributed by atoms with Crippen LogP contribution in [-0.2, 0) is 4.79 Å². The van der Waals surface area contributed by atoms with Crippen molar-refractivity contribution in [1.82, 2.24) is 9.97 Å². The summed E-state index contributed by atoms with van der Waals surface area (Å²) in [5.74, 6) is 0.207. The quantitative estimate of drug-likeness (QED) is 0.582. The van der Waals surface area contributed by atoms with Crippen LogP contribution in [0.2, 0.25) is 0 Å². The summed E-state index contributed by atoms with van der Waals surface area (Å²) in [6.07, 6.45) is 0.439. The maximum Gasteiger partial charge on any atom is 0.323 e. The zero-order valence-corrected chi connectivity index (χ0v) is 15.4. The molecule has 1 heterocycles. The number of amides is 1. The van der Waals surface area contributed by atoms with Gasteiger partial charge in [-0.3, -0.25) is 9.59 Å². The lowest BCUT2D eigenvalue weighted by atomic mass is 10.1. The first-order chi connectivity index (χ1) is 12.9. The smallest absolute Gasteiger partial charge is 0.323 e.